The van der Waals surface area contributed by atoms with Crippen LogP contribution in [0.25, 0.3) is 0 Å². The SMILES string of the molecule is Cc1nn(C)c(Cl)c1CN(CC(=O)O)C1CC1. The smallest absolute Gasteiger partial charge is 0.317 e. The van der Waals surface area contributed by atoms with Gasteiger partial charge in [0.05, 0.1) is 12.2 Å². The van der Waals surface area contributed by atoms with E-state index in [4.69, 9.17) is 16.7 Å². The Kier molecular flexibility index (Phi) is 3.40. The van der Waals surface area contributed by atoms with E-state index in [1.807, 2.05) is 11.8 Å². The lowest BCUT2D eigenvalue weighted by atomic mass is 10.2. The van der Waals surface area contributed by atoms with Crippen molar-refractivity contribution < 1.29 is 9.90 Å². The molecule has 1 aliphatic rings. The van der Waals surface area contributed by atoms with Crippen molar-refractivity contribution >= 4 is 17.6 Å². The number of aromatic nitrogens is 2. The molecule has 17 heavy (non-hydrogen) atoms. The summed E-state index contributed by atoms with van der Waals surface area (Å²) < 4.78 is 1.62. The topological polar surface area (TPSA) is 58.4 Å². The van der Waals surface area contributed by atoms with Gasteiger partial charge >= 0.3 is 5.97 Å². The number of aryl methyl sites for hydroxylation is 2. The number of carboxylic acids is 1. The van der Waals surface area contributed by atoms with Crippen LogP contribution in [0, 0.1) is 6.92 Å². The molecule has 0 radical (unpaired) electrons. The Hall–Kier alpha value is -1.07. The van der Waals surface area contributed by atoms with E-state index in [1.165, 1.54) is 0 Å². The van der Waals surface area contributed by atoms with Crippen molar-refractivity contribution in [3.63, 3.8) is 0 Å². The zero-order valence-electron chi connectivity index (χ0n) is 9.98. The van der Waals surface area contributed by atoms with Crippen LogP contribution in [-0.4, -0.2) is 38.3 Å². The summed E-state index contributed by atoms with van der Waals surface area (Å²) >= 11 is 6.15. The summed E-state index contributed by atoms with van der Waals surface area (Å²) in [5.41, 5.74) is 1.80. The molecule has 0 bridgehead atoms. The summed E-state index contributed by atoms with van der Waals surface area (Å²) in [6.45, 7) is 2.53. The van der Waals surface area contributed by atoms with Crippen molar-refractivity contribution in [3.05, 3.63) is 16.4 Å². The van der Waals surface area contributed by atoms with Crippen LogP contribution in [0.2, 0.25) is 5.15 Å². The molecule has 1 saturated carbocycles. The van der Waals surface area contributed by atoms with Gasteiger partial charge in [-0.15, -0.1) is 0 Å². The molecule has 0 unspecified atom stereocenters. The van der Waals surface area contributed by atoms with Crippen molar-refractivity contribution in [2.45, 2.75) is 32.4 Å². The van der Waals surface area contributed by atoms with Gasteiger partial charge in [0, 0.05) is 25.2 Å². The Morgan fingerprint density at radius 2 is 2.29 bits per heavy atom. The Labute approximate surface area is 105 Å². The lowest BCUT2D eigenvalue weighted by Crippen LogP contribution is -2.31. The molecule has 94 valence electrons. The largest absolute Gasteiger partial charge is 0.480 e. The number of carbonyl (C=O) groups is 1. The van der Waals surface area contributed by atoms with E-state index < -0.39 is 5.97 Å². The molecule has 0 aromatic carbocycles. The molecule has 1 heterocycles. The second kappa shape index (κ2) is 4.66. The molecule has 0 aliphatic heterocycles. The zero-order valence-corrected chi connectivity index (χ0v) is 10.7. The minimum Gasteiger partial charge on any atom is -0.480 e. The normalized spacial score (nSPS) is 15.5. The highest BCUT2D eigenvalue weighted by Gasteiger charge is 2.31. The maximum atomic E-state index is 10.8. The number of carboxylic acid groups (broad SMARTS) is 1. The van der Waals surface area contributed by atoms with Crippen molar-refractivity contribution in [3.8, 4) is 0 Å². The number of rotatable bonds is 5. The quantitative estimate of drug-likeness (QED) is 0.867. The highest BCUT2D eigenvalue weighted by molar-refractivity contribution is 6.30. The van der Waals surface area contributed by atoms with E-state index in [1.54, 1.807) is 11.7 Å². The molecule has 1 aromatic rings. The first-order valence-electron chi connectivity index (χ1n) is 5.63. The third kappa shape index (κ3) is 2.79. The van der Waals surface area contributed by atoms with Crippen LogP contribution in [0.5, 0.6) is 0 Å². The van der Waals surface area contributed by atoms with Crippen molar-refractivity contribution in [1.29, 1.82) is 0 Å². The highest BCUT2D eigenvalue weighted by Crippen LogP contribution is 2.30. The predicted molar refractivity (Wildman–Crippen MR) is 64.0 cm³/mol. The van der Waals surface area contributed by atoms with Crippen molar-refractivity contribution in [1.82, 2.24) is 14.7 Å². The number of nitrogens with zero attached hydrogens (tertiary/aromatic N) is 3. The number of hydrogen-bond donors (Lipinski definition) is 1. The van der Waals surface area contributed by atoms with Crippen LogP contribution in [-0.2, 0) is 18.4 Å². The van der Waals surface area contributed by atoms with Gasteiger partial charge in [-0.25, -0.2) is 0 Å². The summed E-state index contributed by atoms with van der Waals surface area (Å²) in [7, 11) is 1.79. The standard InChI is InChI=1S/C11H16ClN3O2/c1-7-9(11(12)14(2)13-7)5-15(6-10(16)17)8-3-4-8/h8H,3-6H2,1-2H3,(H,16,17). The molecule has 5 nitrogen and oxygen atoms in total. The van der Waals surface area contributed by atoms with E-state index in [2.05, 4.69) is 5.10 Å². The van der Waals surface area contributed by atoms with E-state index >= 15 is 0 Å². The summed E-state index contributed by atoms with van der Waals surface area (Å²) in [5.74, 6) is -0.797. The molecular formula is C11H16ClN3O2. The van der Waals surface area contributed by atoms with Gasteiger partial charge in [-0.3, -0.25) is 14.4 Å². The Bertz CT molecular complexity index is 440. The molecule has 6 heteroatoms. The molecule has 1 aliphatic carbocycles. The second-order valence-corrected chi connectivity index (χ2v) is 4.87. The van der Waals surface area contributed by atoms with Gasteiger partial charge in [-0.1, -0.05) is 11.6 Å². The molecule has 1 aromatic heterocycles. The van der Waals surface area contributed by atoms with Gasteiger partial charge in [0.1, 0.15) is 5.15 Å². The fourth-order valence-electron chi connectivity index (χ4n) is 1.98. The maximum Gasteiger partial charge on any atom is 0.317 e. The summed E-state index contributed by atoms with van der Waals surface area (Å²) in [5, 5.41) is 13.7. The molecule has 0 saturated heterocycles. The second-order valence-electron chi connectivity index (χ2n) is 4.51. The van der Waals surface area contributed by atoms with Gasteiger partial charge < -0.3 is 5.11 Å². The number of hydrogen-bond acceptors (Lipinski definition) is 3. The molecule has 0 amide bonds. The van der Waals surface area contributed by atoms with Crippen LogP contribution < -0.4 is 0 Å². The van der Waals surface area contributed by atoms with Crippen LogP contribution in [0.4, 0.5) is 0 Å². The van der Waals surface area contributed by atoms with Crippen LogP contribution >= 0.6 is 11.6 Å². The molecule has 2 rings (SSSR count). The van der Waals surface area contributed by atoms with Crippen LogP contribution in [0.3, 0.4) is 0 Å². The van der Waals surface area contributed by atoms with E-state index in [0.717, 1.165) is 24.1 Å². The molecular weight excluding hydrogens is 242 g/mol. The first-order valence-corrected chi connectivity index (χ1v) is 6.00. The zero-order chi connectivity index (χ0) is 12.6. The lowest BCUT2D eigenvalue weighted by Gasteiger charge is -2.19. The fourth-order valence-corrected chi connectivity index (χ4v) is 2.22. The fraction of sp³-hybridized carbons (Fsp3) is 0.636. The van der Waals surface area contributed by atoms with E-state index in [0.29, 0.717) is 17.7 Å². The first-order chi connectivity index (χ1) is 7.99. The van der Waals surface area contributed by atoms with E-state index in [-0.39, 0.29) is 6.54 Å². The lowest BCUT2D eigenvalue weighted by molar-refractivity contribution is -0.138. The van der Waals surface area contributed by atoms with Crippen molar-refractivity contribution in [2.75, 3.05) is 6.54 Å². The minimum atomic E-state index is -0.797. The summed E-state index contributed by atoms with van der Waals surface area (Å²) in [6, 6.07) is 0.391. The molecule has 0 spiro atoms. The summed E-state index contributed by atoms with van der Waals surface area (Å²) in [6.07, 6.45) is 2.15. The van der Waals surface area contributed by atoms with Gasteiger partial charge in [-0.2, -0.15) is 5.10 Å². The Morgan fingerprint density at radius 3 is 2.71 bits per heavy atom. The molecule has 0 atom stereocenters. The molecule has 1 fully saturated rings. The average Bonchev–Trinajstić information content (AvgIpc) is 3.02. The van der Waals surface area contributed by atoms with Crippen molar-refractivity contribution in [2.24, 2.45) is 7.05 Å². The first kappa shape index (κ1) is 12.4. The minimum absolute atomic E-state index is 0.0648. The number of aliphatic carboxylic acids is 1. The Morgan fingerprint density at radius 1 is 1.65 bits per heavy atom. The third-order valence-electron chi connectivity index (χ3n) is 3.03. The monoisotopic (exact) mass is 257 g/mol. The van der Waals surface area contributed by atoms with Gasteiger partial charge in [0.25, 0.3) is 0 Å². The molecule has 1 N–H and O–H groups in total. The highest BCUT2D eigenvalue weighted by atomic mass is 35.5. The Balaban J connectivity index is 2.13. The van der Waals surface area contributed by atoms with Crippen LogP contribution in [0.1, 0.15) is 24.1 Å². The summed E-state index contributed by atoms with van der Waals surface area (Å²) in [4.78, 5) is 12.8. The van der Waals surface area contributed by atoms with E-state index in [9.17, 15) is 4.79 Å². The third-order valence-corrected chi connectivity index (χ3v) is 3.51. The van der Waals surface area contributed by atoms with Gasteiger partial charge in [-0.05, 0) is 19.8 Å². The number of halogens is 1. The van der Waals surface area contributed by atoms with Gasteiger partial charge in [0.15, 0.2) is 0 Å². The van der Waals surface area contributed by atoms with Crippen LogP contribution in [0.15, 0.2) is 0 Å². The maximum absolute atomic E-state index is 10.8. The predicted octanol–water partition coefficient (Wildman–Crippen LogP) is 1.43. The average molecular weight is 258 g/mol. The van der Waals surface area contributed by atoms with Gasteiger partial charge in [0.2, 0.25) is 0 Å².